The fourth-order valence-electron chi connectivity index (χ4n) is 1.78. The Morgan fingerprint density at radius 2 is 1.42 bits per heavy atom. The van der Waals surface area contributed by atoms with Crippen LogP contribution in [-0.2, 0) is 4.79 Å². The maximum Gasteiger partial charge on any atom is 0.237 e. The second-order valence-electron chi connectivity index (χ2n) is 3.79. The highest BCUT2D eigenvalue weighted by Crippen LogP contribution is 2.23. The quantitative estimate of drug-likeness (QED) is 0.614. The number of hydrogen-bond acceptors (Lipinski definition) is 2. The van der Waals surface area contributed by atoms with Gasteiger partial charge >= 0.3 is 0 Å². The van der Waals surface area contributed by atoms with E-state index >= 15 is 0 Å². The molecule has 3 nitrogen and oxygen atoms in total. The summed E-state index contributed by atoms with van der Waals surface area (Å²) in [5.74, 6) is -0.329. The van der Waals surface area contributed by atoms with Gasteiger partial charge in [-0.2, -0.15) is 0 Å². The SMILES string of the molecule is NC(=O)C1(N)CCCCCCC1. The van der Waals surface area contributed by atoms with Gasteiger partial charge in [0.2, 0.25) is 5.91 Å². The minimum Gasteiger partial charge on any atom is -0.368 e. The third-order valence-corrected chi connectivity index (χ3v) is 2.74. The number of carbonyl (C=O) groups is 1. The van der Waals surface area contributed by atoms with Gasteiger partial charge in [-0.15, -0.1) is 0 Å². The predicted molar refractivity (Wildman–Crippen MR) is 48.4 cm³/mol. The van der Waals surface area contributed by atoms with Gasteiger partial charge in [0.1, 0.15) is 0 Å². The molecule has 12 heavy (non-hydrogen) atoms. The maximum atomic E-state index is 11.0. The molecule has 0 unspecified atom stereocenters. The van der Waals surface area contributed by atoms with E-state index in [1.54, 1.807) is 0 Å². The van der Waals surface area contributed by atoms with Crippen LogP contribution in [0, 0.1) is 0 Å². The van der Waals surface area contributed by atoms with Crippen molar-refractivity contribution in [1.82, 2.24) is 0 Å². The summed E-state index contributed by atoms with van der Waals surface area (Å²) in [7, 11) is 0. The number of nitrogens with two attached hydrogens (primary N) is 2. The Bertz CT molecular complexity index is 160. The molecule has 0 bridgehead atoms. The van der Waals surface area contributed by atoms with Crippen molar-refractivity contribution in [3.63, 3.8) is 0 Å². The Morgan fingerprint density at radius 1 is 1.00 bits per heavy atom. The van der Waals surface area contributed by atoms with Crippen LogP contribution in [0.4, 0.5) is 0 Å². The zero-order valence-corrected chi connectivity index (χ0v) is 7.51. The number of hydrogen-bond donors (Lipinski definition) is 2. The van der Waals surface area contributed by atoms with E-state index in [4.69, 9.17) is 11.5 Å². The molecule has 0 aromatic rings. The molecule has 0 aromatic heterocycles. The van der Waals surface area contributed by atoms with Crippen LogP contribution in [0.25, 0.3) is 0 Å². The molecule has 0 aliphatic heterocycles. The number of carbonyl (C=O) groups excluding carboxylic acids is 1. The normalized spacial score (nSPS) is 24.1. The fourth-order valence-corrected chi connectivity index (χ4v) is 1.78. The first-order valence-electron chi connectivity index (χ1n) is 4.74. The minimum atomic E-state index is -0.708. The van der Waals surface area contributed by atoms with Gasteiger partial charge in [-0.1, -0.05) is 32.1 Å². The first-order chi connectivity index (χ1) is 5.65. The monoisotopic (exact) mass is 170 g/mol. The average Bonchev–Trinajstić information content (AvgIpc) is 1.97. The smallest absolute Gasteiger partial charge is 0.237 e. The Hall–Kier alpha value is -0.570. The van der Waals surface area contributed by atoms with Gasteiger partial charge in [-0.3, -0.25) is 4.79 Å². The lowest BCUT2D eigenvalue weighted by atomic mass is 9.84. The topological polar surface area (TPSA) is 69.1 Å². The number of rotatable bonds is 1. The molecule has 0 atom stereocenters. The molecule has 1 rings (SSSR count). The van der Waals surface area contributed by atoms with Gasteiger partial charge in [-0.05, 0) is 12.8 Å². The highest BCUT2D eigenvalue weighted by molar-refractivity contribution is 5.84. The molecule has 1 saturated carbocycles. The van der Waals surface area contributed by atoms with E-state index in [-0.39, 0.29) is 5.91 Å². The van der Waals surface area contributed by atoms with Crippen LogP contribution in [0.5, 0.6) is 0 Å². The molecule has 1 fully saturated rings. The summed E-state index contributed by atoms with van der Waals surface area (Å²) >= 11 is 0. The molecule has 4 N–H and O–H groups in total. The number of amides is 1. The van der Waals surface area contributed by atoms with Crippen molar-refractivity contribution in [2.45, 2.75) is 50.5 Å². The third kappa shape index (κ3) is 2.21. The molecule has 1 aliphatic carbocycles. The van der Waals surface area contributed by atoms with Crippen LogP contribution in [0.1, 0.15) is 44.9 Å². The molecule has 1 aliphatic rings. The summed E-state index contributed by atoms with van der Waals surface area (Å²) in [4.78, 5) is 11.0. The lowest BCUT2D eigenvalue weighted by Gasteiger charge is -2.27. The van der Waals surface area contributed by atoms with Gasteiger partial charge in [0.15, 0.2) is 0 Å². The molecule has 0 radical (unpaired) electrons. The van der Waals surface area contributed by atoms with Crippen molar-refractivity contribution in [1.29, 1.82) is 0 Å². The molecule has 0 saturated heterocycles. The Morgan fingerprint density at radius 3 is 1.83 bits per heavy atom. The van der Waals surface area contributed by atoms with E-state index in [0.717, 1.165) is 25.7 Å². The second kappa shape index (κ2) is 3.90. The highest BCUT2D eigenvalue weighted by atomic mass is 16.1. The van der Waals surface area contributed by atoms with Gasteiger partial charge in [-0.25, -0.2) is 0 Å². The third-order valence-electron chi connectivity index (χ3n) is 2.74. The average molecular weight is 170 g/mol. The molecule has 1 amide bonds. The predicted octanol–water partition coefficient (Wildman–Crippen LogP) is 0.913. The summed E-state index contributed by atoms with van der Waals surface area (Å²) in [6.07, 6.45) is 7.26. The first-order valence-corrected chi connectivity index (χ1v) is 4.74. The summed E-state index contributed by atoms with van der Waals surface area (Å²) in [6.45, 7) is 0. The van der Waals surface area contributed by atoms with Gasteiger partial charge in [0, 0.05) is 0 Å². The van der Waals surface area contributed by atoms with Gasteiger partial charge in [0.25, 0.3) is 0 Å². The highest BCUT2D eigenvalue weighted by Gasteiger charge is 2.31. The molecule has 0 heterocycles. The first kappa shape index (κ1) is 9.52. The molecule has 0 spiro atoms. The van der Waals surface area contributed by atoms with Crippen molar-refractivity contribution in [3.05, 3.63) is 0 Å². The van der Waals surface area contributed by atoms with Crippen molar-refractivity contribution >= 4 is 5.91 Å². The summed E-state index contributed by atoms with van der Waals surface area (Å²) in [6, 6.07) is 0. The summed E-state index contributed by atoms with van der Waals surface area (Å²) in [5.41, 5.74) is 10.4. The van der Waals surface area contributed by atoms with E-state index < -0.39 is 5.54 Å². The number of primary amides is 1. The lowest BCUT2D eigenvalue weighted by molar-refractivity contribution is -0.123. The summed E-state index contributed by atoms with van der Waals surface area (Å²) in [5, 5.41) is 0. The minimum absolute atomic E-state index is 0.329. The van der Waals surface area contributed by atoms with E-state index in [1.807, 2.05) is 0 Å². The van der Waals surface area contributed by atoms with Crippen LogP contribution in [0.2, 0.25) is 0 Å². The Labute approximate surface area is 73.5 Å². The second-order valence-corrected chi connectivity index (χ2v) is 3.79. The van der Waals surface area contributed by atoms with E-state index in [2.05, 4.69) is 0 Å². The van der Waals surface area contributed by atoms with Crippen LogP contribution in [0.15, 0.2) is 0 Å². The standard InChI is InChI=1S/C9H18N2O/c10-8(12)9(11)6-4-2-1-3-5-7-9/h1-7,11H2,(H2,10,12). The molecule has 3 heteroatoms. The van der Waals surface area contributed by atoms with Gasteiger partial charge in [0.05, 0.1) is 5.54 Å². The van der Waals surface area contributed by atoms with E-state index in [9.17, 15) is 4.79 Å². The van der Waals surface area contributed by atoms with Crippen molar-refractivity contribution < 1.29 is 4.79 Å². The fraction of sp³-hybridized carbons (Fsp3) is 0.889. The van der Waals surface area contributed by atoms with Crippen LogP contribution >= 0.6 is 0 Å². The Kier molecular flexibility index (Phi) is 3.09. The maximum absolute atomic E-state index is 11.0. The van der Waals surface area contributed by atoms with Gasteiger partial charge < -0.3 is 11.5 Å². The summed E-state index contributed by atoms with van der Waals surface area (Å²) < 4.78 is 0. The van der Waals surface area contributed by atoms with Crippen LogP contribution in [0.3, 0.4) is 0 Å². The lowest BCUT2D eigenvalue weighted by Crippen LogP contribution is -2.52. The molecular weight excluding hydrogens is 152 g/mol. The van der Waals surface area contributed by atoms with Crippen molar-refractivity contribution in [2.24, 2.45) is 11.5 Å². The molecular formula is C9H18N2O. The van der Waals surface area contributed by atoms with E-state index in [1.165, 1.54) is 19.3 Å². The Balaban J connectivity index is 2.54. The molecule has 70 valence electrons. The van der Waals surface area contributed by atoms with Crippen molar-refractivity contribution in [2.75, 3.05) is 0 Å². The van der Waals surface area contributed by atoms with Crippen LogP contribution in [-0.4, -0.2) is 11.4 Å². The zero-order chi connectivity index (χ0) is 9.03. The largest absolute Gasteiger partial charge is 0.368 e. The van der Waals surface area contributed by atoms with E-state index in [0.29, 0.717) is 0 Å². The molecule has 0 aromatic carbocycles. The van der Waals surface area contributed by atoms with Crippen molar-refractivity contribution in [3.8, 4) is 0 Å². The van der Waals surface area contributed by atoms with Crippen LogP contribution < -0.4 is 11.5 Å². The zero-order valence-electron chi connectivity index (χ0n) is 7.51.